The summed E-state index contributed by atoms with van der Waals surface area (Å²) in [5.74, 6) is 0.772. The number of hydrogen-bond donors (Lipinski definition) is 1. The minimum Gasteiger partial charge on any atom is -0.381 e. The number of rotatable bonds is 10. The van der Waals surface area contributed by atoms with Gasteiger partial charge in [0.2, 0.25) is 0 Å². The van der Waals surface area contributed by atoms with Gasteiger partial charge in [0.05, 0.1) is 6.61 Å². The smallest absolute Gasteiger partial charge is 0.0506 e. The molecule has 17 heavy (non-hydrogen) atoms. The highest BCUT2D eigenvalue weighted by atomic mass is 16.5. The standard InChI is InChI=1S/C15H31NO/c1-2-3-4-5-6-7-8-12-17-14-15-10-9-11-16-13-15/h15-16H,2-14H2,1H3. The summed E-state index contributed by atoms with van der Waals surface area (Å²) in [6, 6.07) is 0. The SMILES string of the molecule is CCCCCCCCCOCC1CCCNC1. The highest BCUT2D eigenvalue weighted by molar-refractivity contribution is 4.68. The maximum absolute atomic E-state index is 5.76. The number of hydrogen-bond acceptors (Lipinski definition) is 2. The third kappa shape index (κ3) is 8.62. The van der Waals surface area contributed by atoms with Gasteiger partial charge in [-0.1, -0.05) is 45.4 Å². The fourth-order valence-corrected chi connectivity index (χ4v) is 2.48. The molecule has 0 bridgehead atoms. The lowest BCUT2D eigenvalue weighted by Gasteiger charge is -2.22. The van der Waals surface area contributed by atoms with Gasteiger partial charge >= 0.3 is 0 Å². The molecule has 0 saturated carbocycles. The largest absolute Gasteiger partial charge is 0.381 e. The minimum atomic E-state index is 0.772. The summed E-state index contributed by atoms with van der Waals surface area (Å²) in [5.41, 5.74) is 0. The second-order valence-corrected chi connectivity index (χ2v) is 5.41. The molecule has 1 aliphatic heterocycles. The first-order valence-electron chi connectivity index (χ1n) is 7.72. The van der Waals surface area contributed by atoms with Crippen molar-refractivity contribution in [2.24, 2.45) is 5.92 Å². The quantitative estimate of drug-likeness (QED) is 0.588. The molecular formula is C15H31NO. The van der Waals surface area contributed by atoms with E-state index in [-0.39, 0.29) is 0 Å². The Labute approximate surface area is 108 Å². The highest BCUT2D eigenvalue weighted by Gasteiger charge is 2.12. The van der Waals surface area contributed by atoms with E-state index >= 15 is 0 Å². The Hall–Kier alpha value is -0.0800. The van der Waals surface area contributed by atoms with Crippen molar-refractivity contribution in [3.63, 3.8) is 0 Å². The first-order chi connectivity index (χ1) is 8.43. The predicted molar refractivity (Wildman–Crippen MR) is 74.4 cm³/mol. The monoisotopic (exact) mass is 241 g/mol. The van der Waals surface area contributed by atoms with E-state index in [4.69, 9.17) is 4.74 Å². The summed E-state index contributed by atoms with van der Waals surface area (Å²) in [6.07, 6.45) is 12.3. The van der Waals surface area contributed by atoms with Crippen molar-refractivity contribution in [2.45, 2.75) is 64.7 Å². The molecule has 0 aromatic heterocycles. The van der Waals surface area contributed by atoms with Crippen molar-refractivity contribution in [3.05, 3.63) is 0 Å². The first-order valence-corrected chi connectivity index (χ1v) is 7.72. The summed E-state index contributed by atoms with van der Waals surface area (Å²) in [5, 5.41) is 3.44. The van der Waals surface area contributed by atoms with E-state index in [9.17, 15) is 0 Å². The molecule has 0 aromatic rings. The van der Waals surface area contributed by atoms with Crippen LogP contribution in [0.4, 0.5) is 0 Å². The summed E-state index contributed by atoms with van der Waals surface area (Å²) < 4.78 is 5.76. The Morgan fingerprint density at radius 1 is 1.06 bits per heavy atom. The number of nitrogens with one attached hydrogen (secondary N) is 1. The summed E-state index contributed by atoms with van der Waals surface area (Å²) in [6.45, 7) is 6.59. The maximum atomic E-state index is 5.76. The van der Waals surface area contributed by atoms with Crippen LogP contribution < -0.4 is 5.32 Å². The molecule has 1 N–H and O–H groups in total. The van der Waals surface area contributed by atoms with Crippen LogP contribution in [-0.2, 0) is 4.74 Å². The zero-order chi connectivity index (χ0) is 12.2. The van der Waals surface area contributed by atoms with E-state index in [2.05, 4.69) is 12.2 Å². The molecule has 0 amide bonds. The van der Waals surface area contributed by atoms with E-state index < -0.39 is 0 Å². The summed E-state index contributed by atoms with van der Waals surface area (Å²) in [4.78, 5) is 0. The third-order valence-electron chi connectivity index (χ3n) is 3.64. The summed E-state index contributed by atoms with van der Waals surface area (Å²) in [7, 11) is 0. The van der Waals surface area contributed by atoms with Crippen LogP contribution in [0.15, 0.2) is 0 Å². The molecule has 2 nitrogen and oxygen atoms in total. The van der Waals surface area contributed by atoms with Crippen LogP contribution >= 0.6 is 0 Å². The van der Waals surface area contributed by atoms with Crippen LogP contribution in [0.25, 0.3) is 0 Å². The molecule has 1 unspecified atom stereocenters. The van der Waals surface area contributed by atoms with Crippen molar-refractivity contribution in [1.82, 2.24) is 5.32 Å². The minimum absolute atomic E-state index is 0.772. The van der Waals surface area contributed by atoms with Crippen LogP contribution in [-0.4, -0.2) is 26.3 Å². The van der Waals surface area contributed by atoms with Gasteiger partial charge in [-0.05, 0) is 31.7 Å². The molecule has 102 valence electrons. The van der Waals surface area contributed by atoms with E-state index in [1.807, 2.05) is 0 Å². The van der Waals surface area contributed by atoms with Crippen molar-refractivity contribution in [1.29, 1.82) is 0 Å². The van der Waals surface area contributed by atoms with Crippen LogP contribution in [0, 0.1) is 5.92 Å². The lowest BCUT2D eigenvalue weighted by atomic mass is 10.0. The molecule has 0 aliphatic carbocycles. The average Bonchev–Trinajstić information content (AvgIpc) is 2.38. The zero-order valence-corrected chi connectivity index (χ0v) is 11.7. The topological polar surface area (TPSA) is 21.3 Å². The second-order valence-electron chi connectivity index (χ2n) is 5.41. The van der Waals surface area contributed by atoms with Gasteiger partial charge in [0.1, 0.15) is 0 Å². The molecule has 0 radical (unpaired) electrons. The van der Waals surface area contributed by atoms with E-state index in [0.717, 1.165) is 25.7 Å². The number of ether oxygens (including phenoxy) is 1. The predicted octanol–water partition coefficient (Wildman–Crippen LogP) is 3.75. The lowest BCUT2D eigenvalue weighted by Crippen LogP contribution is -2.32. The molecule has 2 heteroatoms. The summed E-state index contributed by atoms with van der Waals surface area (Å²) >= 11 is 0. The van der Waals surface area contributed by atoms with Gasteiger partial charge in [-0.2, -0.15) is 0 Å². The van der Waals surface area contributed by atoms with Crippen molar-refractivity contribution >= 4 is 0 Å². The second kappa shape index (κ2) is 11.0. The van der Waals surface area contributed by atoms with Crippen LogP contribution in [0.1, 0.15) is 64.7 Å². The Balaban J connectivity index is 1.75. The van der Waals surface area contributed by atoms with E-state index in [0.29, 0.717) is 0 Å². The average molecular weight is 241 g/mol. The van der Waals surface area contributed by atoms with Gasteiger partial charge in [-0.25, -0.2) is 0 Å². The van der Waals surface area contributed by atoms with Crippen LogP contribution in [0.2, 0.25) is 0 Å². The van der Waals surface area contributed by atoms with E-state index in [1.165, 1.54) is 64.3 Å². The highest BCUT2D eigenvalue weighted by Crippen LogP contribution is 2.11. The van der Waals surface area contributed by atoms with Crippen LogP contribution in [0.5, 0.6) is 0 Å². The zero-order valence-electron chi connectivity index (χ0n) is 11.7. The Morgan fingerprint density at radius 3 is 2.53 bits per heavy atom. The van der Waals surface area contributed by atoms with Crippen molar-refractivity contribution < 1.29 is 4.74 Å². The van der Waals surface area contributed by atoms with Gasteiger partial charge in [-0.3, -0.25) is 0 Å². The molecule has 1 aliphatic rings. The molecule has 1 saturated heterocycles. The Kier molecular flexibility index (Phi) is 9.72. The van der Waals surface area contributed by atoms with Gasteiger partial charge in [0.25, 0.3) is 0 Å². The Bertz CT molecular complexity index is 155. The molecule has 0 spiro atoms. The van der Waals surface area contributed by atoms with Crippen molar-refractivity contribution in [2.75, 3.05) is 26.3 Å². The fourth-order valence-electron chi connectivity index (χ4n) is 2.48. The van der Waals surface area contributed by atoms with Crippen molar-refractivity contribution in [3.8, 4) is 0 Å². The molecule has 1 rings (SSSR count). The third-order valence-corrected chi connectivity index (χ3v) is 3.64. The van der Waals surface area contributed by atoms with E-state index in [1.54, 1.807) is 0 Å². The van der Waals surface area contributed by atoms with Gasteiger partial charge in [0, 0.05) is 13.2 Å². The van der Waals surface area contributed by atoms with Crippen LogP contribution in [0.3, 0.4) is 0 Å². The number of piperidine rings is 1. The molecule has 1 heterocycles. The number of unbranched alkanes of at least 4 members (excludes halogenated alkanes) is 6. The molecule has 0 aromatic carbocycles. The normalized spacial score (nSPS) is 20.6. The molecule has 1 fully saturated rings. The Morgan fingerprint density at radius 2 is 1.82 bits per heavy atom. The van der Waals surface area contributed by atoms with Gasteiger partial charge < -0.3 is 10.1 Å². The van der Waals surface area contributed by atoms with Gasteiger partial charge in [-0.15, -0.1) is 0 Å². The lowest BCUT2D eigenvalue weighted by molar-refractivity contribution is 0.0869. The fraction of sp³-hybridized carbons (Fsp3) is 1.00. The maximum Gasteiger partial charge on any atom is 0.0506 e. The molecular weight excluding hydrogens is 210 g/mol. The van der Waals surface area contributed by atoms with Gasteiger partial charge in [0.15, 0.2) is 0 Å². The first kappa shape index (κ1) is 15.0. The molecule has 1 atom stereocenters.